The summed E-state index contributed by atoms with van der Waals surface area (Å²) in [5.74, 6) is 2.31. The Kier molecular flexibility index (Phi) is 6.68. The van der Waals surface area contributed by atoms with Crippen molar-refractivity contribution in [3.63, 3.8) is 0 Å². The molecule has 0 aliphatic carbocycles. The molecule has 136 valence electrons. The Morgan fingerprint density at radius 3 is 2.72 bits per heavy atom. The maximum Gasteiger partial charge on any atom is 0.193 e. The Hall–Kier alpha value is -2.70. The molecule has 0 saturated heterocycles. The summed E-state index contributed by atoms with van der Waals surface area (Å²) in [5.41, 5.74) is 2.23. The highest BCUT2D eigenvalue weighted by molar-refractivity contribution is 5.79. The Labute approximate surface area is 149 Å². The highest BCUT2D eigenvalue weighted by Crippen LogP contribution is 2.27. The lowest BCUT2D eigenvalue weighted by molar-refractivity contribution is 0.310. The predicted octanol–water partition coefficient (Wildman–Crippen LogP) is 2.03. The minimum absolute atomic E-state index is 0.600. The number of nitrogens with one attached hydrogen (secondary N) is 1. The standard InChI is InChI=1S/C18H27N5O2/c1-6-25-17-9-14(7-8-16(17)24-5)10-20-18(19-2)22(3)12-15-11-21-23(4)13-15/h7-9,11,13H,6,10,12H2,1-5H3,(H,19,20). The lowest BCUT2D eigenvalue weighted by Crippen LogP contribution is -2.37. The first-order valence-corrected chi connectivity index (χ1v) is 8.26. The van der Waals surface area contributed by atoms with Crippen molar-refractivity contribution in [2.24, 2.45) is 12.0 Å². The molecule has 2 rings (SSSR count). The minimum Gasteiger partial charge on any atom is -0.493 e. The zero-order valence-electron chi connectivity index (χ0n) is 15.6. The molecule has 0 spiro atoms. The summed E-state index contributed by atoms with van der Waals surface area (Å²) >= 11 is 0. The van der Waals surface area contributed by atoms with Gasteiger partial charge < -0.3 is 19.7 Å². The monoisotopic (exact) mass is 345 g/mol. The number of rotatable bonds is 7. The van der Waals surface area contributed by atoms with E-state index in [0.717, 1.165) is 35.1 Å². The molecule has 0 aliphatic rings. The summed E-state index contributed by atoms with van der Waals surface area (Å²) in [6.07, 6.45) is 3.86. The Balaban J connectivity index is 1.99. The first-order chi connectivity index (χ1) is 12.1. The highest BCUT2D eigenvalue weighted by atomic mass is 16.5. The van der Waals surface area contributed by atoms with E-state index < -0.39 is 0 Å². The molecule has 1 N–H and O–H groups in total. The number of benzene rings is 1. The van der Waals surface area contributed by atoms with Gasteiger partial charge in [-0.2, -0.15) is 5.10 Å². The number of hydrogen-bond acceptors (Lipinski definition) is 4. The molecule has 1 aromatic carbocycles. The number of aliphatic imine (C=N–C) groups is 1. The van der Waals surface area contributed by atoms with E-state index in [1.807, 2.05) is 51.6 Å². The molecule has 0 unspecified atom stereocenters. The molecule has 0 bridgehead atoms. The van der Waals surface area contributed by atoms with Gasteiger partial charge in [-0.3, -0.25) is 9.67 Å². The summed E-state index contributed by atoms with van der Waals surface area (Å²) in [5, 5.41) is 7.57. The van der Waals surface area contributed by atoms with Crippen LogP contribution in [0.4, 0.5) is 0 Å². The highest BCUT2D eigenvalue weighted by Gasteiger charge is 2.09. The second-order valence-corrected chi connectivity index (χ2v) is 5.70. The molecule has 7 heteroatoms. The normalized spacial score (nSPS) is 11.3. The van der Waals surface area contributed by atoms with Gasteiger partial charge in [-0.05, 0) is 24.6 Å². The predicted molar refractivity (Wildman–Crippen MR) is 99.0 cm³/mol. The third-order valence-corrected chi connectivity index (χ3v) is 3.73. The van der Waals surface area contributed by atoms with Crippen LogP contribution in [0.15, 0.2) is 35.6 Å². The van der Waals surface area contributed by atoms with Crippen molar-refractivity contribution in [2.75, 3.05) is 27.8 Å². The molecule has 25 heavy (non-hydrogen) atoms. The zero-order chi connectivity index (χ0) is 18.2. The second kappa shape index (κ2) is 8.96. The Morgan fingerprint density at radius 2 is 2.12 bits per heavy atom. The van der Waals surface area contributed by atoms with Crippen LogP contribution in [0, 0.1) is 0 Å². The van der Waals surface area contributed by atoms with Crippen molar-refractivity contribution in [3.8, 4) is 11.5 Å². The maximum atomic E-state index is 5.63. The van der Waals surface area contributed by atoms with Crippen LogP contribution in [0.25, 0.3) is 0 Å². The Bertz CT molecular complexity index is 711. The smallest absolute Gasteiger partial charge is 0.193 e. The van der Waals surface area contributed by atoms with Gasteiger partial charge in [-0.15, -0.1) is 0 Å². The average Bonchev–Trinajstić information content (AvgIpc) is 3.01. The molecule has 0 fully saturated rings. The van der Waals surface area contributed by atoms with E-state index in [1.54, 1.807) is 18.8 Å². The number of guanidine groups is 1. The van der Waals surface area contributed by atoms with Crippen LogP contribution in [0.5, 0.6) is 11.5 Å². The van der Waals surface area contributed by atoms with Crippen LogP contribution in [0.2, 0.25) is 0 Å². The largest absolute Gasteiger partial charge is 0.493 e. The van der Waals surface area contributed by atoms with Crippen LogP contribution >= 0.6 is 0 Å². The van der Waals surface area contributed by atoms with Gasteiger partial charge in [-0.25, -0.2) is 0 Å². The number of ether oxygens (including phenoxy) is 2. The molecule has 1 heterocycles. The minimum atomic E-state index is 0.600. The average molecular weight is 345 g/mol. The van der Waals surface area contributed by atoms with Gasteiger partial charge in [0.25, 0.3) is 0 Å². The summed E-state index contributed by atoms with van der Waals surface area (Å²) in [7, 11) is 7.34. The molecule has 2 aromatic rings. The lowest BCUT2D eigenvalue weighted by Gasteiger charge is -2.21. The summed E-state index contributed by atoms with van der Waals surface area (Å²) in [4.78, 5) is 6.41. The molecule has 1 aromatic heterocycles. The fourth-order valence-electron chi connectivity index (χ4n) is 2.57. The lowest BCUT2D eigenvalue weighted by atomic mass is 10.2. The van der Waals surface area contributed by atoms with Crippen LogP contribution in [0.3, 0.4) is 0 Å². The second-order valence-electron chi connectivity index (χ2n) is 5.70. The fourth-order valence-corrected chi connectivity index (χ4v) is 2.57. The van der Waals surface area contributed by atoms with Crippen LogP contribution < -0.4 is 14.8 Å². The Morgan fingerprint density at radius 1 is 1.32 bits per heavy atom. The van der Waals surface area contributed by atoms with E-state index in [-0.39, 0.29) is 0 Å². The van der Waals surface area contributed by atoms with Gasteiger partial charge in [0.15, 0.2) is 17.5 Å². The summed E-state index contributed by atoms with van der Waals surface area (Å²) in [6, 6.07) is 5.93. The van der Waals surface area contributed by atoms with Gasteiger partial charge >= 0.3 is 0 Å². The van der Waals surface area contributed by atoms with E-state index in [4.69, 9.17) is 9.47 Å². The quantitative estimate of drug-likeness (QED) is 0.614. The van der Waals surface area contributed by atoms with E-state index >= 15 is 0 Å². The van der Waals surface area contributed by atoms with Crippen LogP contribution in [-0.4, -0.2) is 48.5 Å². The fraction of sp³-hybridized carbons (Fsp3) is 0.444. The third-order valence-electron chi connectivity index (χ3n) is 3.73. The van der Waals surface area contributed by atoms with Crippen molar-refractivity contribution in [2.45, 2.75) is 20.0 Å². The SMILES string of the molecule is CCOc1cc(CNC(=NC)N(C)Cc2cnn(C)c2)ccc1OC. The molecule has 0 amide bonds. The van der Waals surface area contributed by atoms with Crippen molar-refractivity contribution >= 4 is 5.96 Å². The zero-order valence-corrected chi connectivity index (χ0v) is 15.6. The van der Waals surface area contributed by atoms with Crippen LogP contribution in [-0.2, 0) is 20.1 Å². The summed E-state index contributed by atoms with van der Waals surface area (Å²) < 4.78 is 12.7. The number of aromatic nitrogens is 2. The van der Waals surface area contributed by atoms with E-state index in [1.165, 1.54) is 0 Å². The molecule has 0 saturated carbocycles. The topological polar surface area (TPSA) is 63.9 Å². The molecular weight excluding hydrogens is 318 g/mol. The summed E-state index contributed by atoms with van der Waals surface area (Å²) in [6.45, 7) is 3.94. The molecule has 0 atom stereocenters. The first kappa shape index (κ1) is 18.6. The molecule has 0 aliphatic heterocycles. The molecule has 0 radical (unpaired) electrons. The molecule has 7 nitrogen and oxygen atoms in total. The third kappa shape index (κ3) is 5.14. The maximum absolute atomic E-state index is 5.63. The van der Waals surface area contributed by atoms with Crippen molar-refractivity contribution in [1.82, 2.24) is 20.0 Å². The van der Waals surface area contributed by atoms with E-state index in [0.29, 0.717) is 13.2 Å². The number of methoxy groups -OCH3 is 1. The first-order valence-electron chi connectivity index (χ1n) is 8.26. The van der Waals surface area contributed by atoms with Crippen molar-refractivity contribution in [3.05, 3.63) is 41.7 Å². The van der Waals surface area contributed by atoms with Crippen molar-refractivity contribution < 1.29 is 9.47 Å². The number of nitrogens with zero attached hydrogens (tertiary/aromatic N) is 4. The van der Waals surface area contributed by atoms with Crippen LogP contribution in [0.1, 0.15) is 18.1 Å². The number of aryl methyl sites for hydroxylation is 1. The van der Waals surface area contributed by atoms with Gasteiger partial charge in [0.2, 0.25) is 0 Å². The van der Waals surface area contributed by atoms with Crippen molar-refractivity contribution in [1.29, 1.82) is 0 Å². The van der Waals surface area contributed by atoms with Gasteiger partial charge in [0.05, 0.1) is 19.9 Å². The van der Waals surface area contributed by atoms with Gasteiger partial charge in [0, 0.05) is 46.0 Å². The molecular formula is C18H27N5O2. The van der Waals surface area contributed by atoms with Gasteiger partial charge in [-0.1, -0.05) is 6.07 Å². The van der Waals surface area contributed by atoms with E-state index in [2.05, 4.69) is 20.3 Å². The number of hydrogen-bond donors (Lipinski definition) is 1. The van der Waals surface area contributed by atoms with E-state index in [9.17, 15) is 0 Å². The van der Waals surface area contributed by atoms with Gasteiger partial charge in [0.1, 0.15) is 0 Å².